The molecule has 72 valence electrons. The molecule has 0 aromatic carbocycles. The zero-order valence-electron chi connectivity index (χ0n) is 7.38. The third-order valence-corrected chi connectivity index (χ3v) is 2.24. The number of hydrogen-bond donors (Lipinski definition) is 2. The van der Waals surface area contributed by atoms with Crippen molar-refractivity contribution in [2.75, 3.05) is 12.3 Å². The molecule has 1 aromatic rings. The first-order chi connectivity index (χ1) is 6.24. The molecule has 1 saturated carbocycles. The average Bonchev–Trinajstić information content (AvgIpc) is 2.77. The second-order valence-corrected chi connectivity index (χ2v) is 3.17. The van der Waals surface area contributed by atoms with Crippen molar-refractivity contribution in [1.29, 1.82) is 0 Å². The number of nitrogens with zero attached hydrogens (tertiary/aromatic N) is 1. The lowest BCUT2D eigenvalue weighted by molar-refractivity contribution is 0.128. The van der Waals surface area contributed by atoms with Crippen molar-refractivity contribution >= 4 is 5.82 Å². The van der Waals surface area contributed by atoms with Crippen molar-refractivity contribution < 1.29 is 9.13 Å². The van der Waals surface area contributed by atoms with Crippen LogP contribution >= 0.6 is 0 Å². The third kappa shape index (κ3) is 1.39. The van der Waals surface area contributed by atoms with E-state index in [9.17, 15) is 4.39 Å². The lowest BCUT2D eigenvalue weighted by Crippen LogP contribution is -1.97. The van der Waals surface area contributed by atoms with Gasteiger partial charge in [0.15, 0.2) is 11.6 Å². The minimum absolute atomic E-state index is 0.0582. The summed E-state index contributed by atoms with van der Waals surface area (Å²) in [5, 5.41) is 6.19. The van der Waals surface area contributed by atoms with Crippen LogP contribution in [-0.2, 0) is 4.74 Å². The smallest absolute Gasteiger partial charge is 0.188 e. The number of nitrogens with one attached hydrogen (secondary N) is 1. The monoisotopic (exact) mass is 185 g/mol. The van der Waals surface area contributed by atoms with Crippen molar-refractivity contribution in [2.24, 2.45) is 0 Å². The molecular weight excluding hydrogens is 173 g/mol. The van der Waals surface area contributed by atoms with Crippen molar-refractivity contribution in [3.8, 4) is 0 Å². The van der Waals surface area contributed by atoms with Gasteiger partial charge in [0.25, 0.3) is 0 Å². The number of hydrogen-bond acceptors (Lipinski definition) is 3. The first-order valence-electron chi connectivity index (χ1n) is 4.34. The van der Waals surface area contributed by atoms with Gasteiger partial charge in [-0.2, -0.15) is 5.10 Å². The number of aromatic nitrogens is 2. The fraction of sp³-hybridized carbons (Fsp3) is 0.625. The molecule has 1 aliphatic rings. The SMILES string of the molecule is CCOC1CC1c1[nH]nc(N)c1F. The highest BCUT2D eigenvalue weighted by atomic mass is 19.1. The highest BCUT2D eigenvalue weighted by molar-refractivity contribution is 5.35. The second kappa shape index (κ2) is 2.99. The molecule has 0 saturated heterocycles. The van der Waals surface area contributed by atoms with Gasteiger partial charge in [-0.3, -0.25) is 5.10 Å². The fourth-order valence-corrected chi connectivity index (χ4v) is 1.48. The highest BCUT2D eigenvalue weighted by Gasteiger charge is 2.42. The maximum Gasteiger partial charge on any atom is 0.188 e. The van der Waals surface area contributed by atoms with Gasteiger partial charge in [0.05, 0.1) is 11.8 Å². The Bertz CT molecular complexity index is 312. The van der Waals surface area contributed by atoms with Crippen LogP contribution in [0.15, 0.2) is 0 Å². The molecule has 13 heavy (non-hydrogen) atoms. The van der Waals surface area contributed by atoms with Crippen LogP contribution in [0.1, 0.15) is 25.0 Å². The van der Waals surface area contributed by atoms with Crippen molar-refractivity contribution in [2.45, 2.75) is 25.4 Å². The fourth-order valence-electron chi connectivity index (χ4n) is 1.48. The lowest BCUT2D eigenvalue weighted by Gasteiger charge is -1.97. The van der Waals surface area contributed by atoms with E-state index < -0.39 is 5.82 Å². The Labute approximate surface area is 75.3 Å². The van der Waals surface area contributed by atoms with Gasteiger partial charge in [0.2, 0.25) is 0 Å². The Kier molecular flexibility index (Phi) is 1.95. The number of rotatable bonds is 3. The summed E-state index contributed by atoms with van der Waals surface area (Å²) in [6, 6.07) is 0. The first kappa shape index (κ1) is 8.50. The molecule has 2 atom stereocenters. The van der Waals surface area contributed by atoms with Crippen molar-refractivity contribution in [3.63, 3.8) is 0 Å². The van der Waals surface area contributed by atoms with Crippen LogP contribution in [0.3, 0.4) is 0 Å². The van der Waals surface area contributed by atoms with Crippen molar-refractivity contribution in [3.05, 3.63) is 11.5 Å². The minimum Gasteiger partial charge on any atom is -0.380 e. The Balaban J connectivity index is 2.07. The average molecular weight is 185 g/mol. The summed E-state index contributed by atoms with van der Waals surface area (Å²) in [6.07, 6.45) is 0.992. The van der Waals surface area contributed by atoms with E-state index >= 15 is 0 Å². The van der Waals surface area contributed by atoms with E-state index in [-0.39, 0.29) is 17.8 Å². The number of aromatic amines is 1. The molecule has 0 bridgehead atoms. The maximum absolute atomic E-state index is 13.2. The Morgan fingerprint density at radius 3 is 3.08 bits per heavy atom. The lowest BCUT2D eigenvalue weighted by atomic mass is 10.3. The summed E-state index contributed by atoms with van der Waals surface area (Å²) in [5.41, 5.74) is 5.75. The standard InChI is InChI=1S/C8H12FN3O/c1-2-13-5-3-4(5)7-6(9)8(10)12-11-7/h4-5H,2-3H2,1H3,(H3,10,11,12). The van der Waals surface area contributed by atoms with Gasteiger partial charge in [0.1, 0.15) is 0 Å². The normalized spacial score (nSPS) is 26.3. The first-order valence-corrected chi connectivity index (χ1v) is 4.34. The predicted octanol–water partition coefficient (Wildman–Crippen LogP) is 1.02. The third-order valence-electron chi connectivity index (χ3n) is 2.24. The van der Waals surface area contributed by atoms with Crippen LogP contribution in [0.25, 0.3) is 0 Å². The predicted molar refractivity (Wildman–Crippen MR) is 45.7 cm³/mol. The Morgan fingerprint density at radius 1 is 1.77 bits per heavy atom. The molecule has 3 N–H and O–H groups in total. The number of ether oxygens (including phenoxy) is 1. The van der Waals surface area contributed by atoms with Gasteiger partial charge in [-0.1, -0.05) is 0 Å². The van der Waals surface area contributed by atoms with Gasteiger partial charge in [-0.15, -0.1) is 0 Å². The quantitative estimate of drug-likeness (QED) is 0.739. The van der Waals surface area contributed by atoms with Gasteiger partial charge >= 0.3 is 0 Å². The summed E-state index contributed by atoms with van der Waals surface area (Å²) in [6.45, 7) is 2.58. The number of halogens is 1. The molecule has 0 aliphatic heterocycles. The molecule has 1 aromatic heterocycles. The zero-order chi connectivity index (χ0) is 9.42. The summed E-state index contributed by atoms with van der Waals surface area (Å²) < 4.78 is 18.5. The zero-order valence-corrected chi connectivity index (χ0v) is 7.38. The summed E-state index contributed by atoms with van der Waals surface area (Å²) >= 11 is 0. The minimum atomic E-state index is -0.424. The number of anilines is 1. The van der Waals surface area contributed by atoms with Crippen molar-refractivity contribution in [1.82, 2.24) is 10.2 Å². The van der Waals surface area contributed by atoms with Crippen LogP contribution in [0, 0.1) is 5.82 Å². The van der Waals surface area contributed by atoms with Gasteiger partial charge in [0, 0.05) is 12.5 Å². The van der Waals surface area contributed by atoms with Crippen LogP contribution in [0.2, 0.25) is 0 Å². The molecular formula is C8H12FN3O. The number of nitrogens with two attached hydrogens (primary N) is 1. The molecule has 4 nitrogen and oxygen atoms in total. The van der Waals surface area contributed by atoms with E-state index in [1.807, 2.05) is 6.92 Å². The van der Waals surface area contributed by atoms with Gasteiger partial charge < -0.3 is 10.5 Å². The molecule has 1 aliphatic carbocycles. The number of H-pyrrole nitrogens is 1. The van der Waals surface area contributed by atoms with Gasteiger partial charge in [-0.25, -0.2) is 4.39 Å². The Hall–Kier alpha value is -1.10. The molecule has 1 heterocycles. The van der Waals surface area contributed by atoms with E-state index in [1.54, 1.807) is 0 Å². The molecule has 5 heteroatoms. The van der Waals surface area contributed by atoms with Gasteiger partial charge in [-0.05, 0) is 13.3 Å². The Morgan fingerprint density at radius 2 is 2.54 bits per heavy atom. The molecule has 0 radical (unpaired) electrons. The number of nitrogen functional groups attached to an aromatic ring is 1. The second-order valence-electron chi connectivity index (χ2n) is 3.17. The van der Waals surface area contributed by atoms with E-state index in [4.69, 9.17) is 10.5 Å². The van der Waals surface area contributed by atoms with E-state index in [0.29, 0.717) is 12.3 Å². The molecule has 2 rings (SSSR count). The highest BCUT2D eigenvalue weighted by Crippen LogP contribution is 2.43. The van der Waals surface area contributed by atoms with E-state index in [1.165, 1.54) is 0 Å². The largest absolute Gasteiger partial charge is 0.380 e. The maximum atomic E-state index is 13.2. The van der Waals surface area contributed by atoms with Crippen LogP contribution in [-0.4, -0.2) is 22.9 Å². The summed E-state index contributed by atoms with van der Waals surface area (Å²) in [5.74, 6) is -0.367. The topological polar surface area (TPSA) is 63.9 Å². The summed E-state index contributed by atoms with van der Waals surface area (Å²) in [4.78, 5) is 0. The van der Waals surface area contributed by atoms with E-state index in [2.05, 4.69) is 10.2 Å². The van der Waals surface area contributed by atoms with Crippen LogP contribution in [0.5, 0.6) is 0 Å². The molecule has 0 spiro atoms. The summed E-state index contributed by atoms with van der Waals surface area (Å²) in [7, 11) is 0. The van der Waals surface area contributed by atoms with E-state index in [0.717, 1.165) is 6.42 Å². The molecule has 1 fully saturated rings. The molecule has 2 unspecified atom stereocenters. The van der Waals surface area contributed by atoms with Crippen LogP contribution in [0.4, 0.5) is 10.2 Å². The van der Waals surface area contributed by atoms with Crippen LogP contribution < -0.4 is 5.73 Å². The molecule has 0 amide bonds.